The molecular weight excluding hydrogens is 306 g/mol. The predicted octanol–water partition coefficient (Wildman–Crippen LogP) is 3.14. The summed E-state index contributed by atoms with van der Waals surface area (Å²) in [6, 6.07) is 6.37. The molecule has 0 saturated carbocycles. The molecule has 0 radical (unpaired) electrons. The van der Waals surface area contributed by atoms with E-state index >= 15 is 0 Å². The van der Waals surface area contributed by atoms with E-state index in [9.17, 15) is 13.6 Å². The highest BCUT2D eigenvalue weighted by atomic mass is 19.3. The molecule has 0 aliphatic heterocycles. The average molecular weight is 324 g/mol. The van der Waals surface area contributed by atoms with E-state index in [1.807, 2.05) is 6.92 Å². The highest BCUT2D eigenvalue weighted by molar-refractivity contribution is 5.76. The summed E-state index contributed by atoms with van der Waals surface area (Å²) in [7, 11) is 0. The molecule has 1 aromatic carbocycles. The number of carbonyl (C=O) groups is 1. The SMILES string of the molecule is Cc1noc(C)c1CCC(=O)NCc1ccccc1OC(F)F. The third-order valence-electron chi connectivity index (χ3n) is 3.45. The summed E-state index contributed by atoms with van der Waals surface area (Å²) in [4.78, 5) is 11.9. The van der Waals surface area contributed by atoms with E-state index in [0.717, 1.165) is 11.3 Å². The van der Waals surface area contributed by atoms with Gasteiger partial charge in [0.2, 0.25) is 5.91 Å². The molecule has 0 unspecified atom stereocenters. The van der Waals surface area contributed by atoms with Gasteiger partial charge in [-0.2, -0.15) is 8.78 Å². The van der Waals surface area contributed by atoms with Crippen LogP contribution in [0.4, 0.5) is 8.78 Å². The molecule has 0 bridgehead atoms. The van der Waals surface area contributed by atoms with Crippen LogP contribution < -0.4 is 10.1 Å². The molecule has 1 heterocycles. The predicted molar refractivity (Wildman–Crippen MR) is 79.2 cm³/mol. The van der Waals surface area contributed by atoms with Gasteiger partial charge >= 0.3 is 6.61 Å². The summed E-state index contributed by atoms with van der Waals surface area (Å²) in [5.41, 5.74) is 2.19. The molecule has 1 aromatic heterocycles. The lowest BCUT2D eigenvalue weighted by Crippen LogP contribution is -2.23. The lowest BCUT2D eigenvalue weighted by atomic mass is 10.1. The summed E-state index contributed by atoms with van der Waals surface area (Å²) in [5, 5.41) is 6.53. The van der Waals surface area contributed by atoms with Crippen LogP contribution in [-0.2, 0) is 17.8 Å². The smallest absolute Gasteiger partial charge is 0.387 e. The number of amides is 1. The van der Waals surface area contributed by atoms with Gasteiger partial charge in [0, 0.05) is 24.1 Å². The molecule has 5 nitrogen and oxygen atoms in total. The molecule has 0 fully saturated rings. The fourth-order valence-corrected chi connectivity index (χ4v) is 2.24. The van der Waals surface area contributed by atoms with Crippen molar-refractivity contribution in [3.8, 4) is 5.75 Å². The number of hydrogen-bond acceptors (Lipinski definition) is 4. The van der Waals surface area contributed by atoms with Gasteiger partial charge in [-0.05, 0) is 26.3 Å². The summed E-state index contributed by atoms with van der Waals surface area (Å²) in [6.45, 7) is 0.849. The number of carbonyl (C=O) groups excluding carboxylic acids is 1. The first-order valence-electron chi connectivity index (χ1n) is 7.18. The van der Waals surface area contributed by atoms with Crippen LogP contribution in [0.5, 0.6) is 5.75 Å². The number of nitrogens with one attached hydrogen (secondary N) is 1. The summed E-state index contributed by atoms with van der Waals surface area (Å²) >= 11 is 0. The Kier molecular flexibility index (Phi) is 5.67. The fraction of sp³-hybridized carbons (Fsp3) is 0.375. The van der Waals surface area contributed by atoms with Gasteiger partial charge in [-0.1, -0.05) is 23.4 Å². The molecule has 0 spiro atoms. The van der Waals surface area contributed by atoms with Crippen molar-refractivity contribution < 1.29 is 22.8 Å². The van der Waals surface area contributed by atoms with Crippen LogP contribution in [0.25, 0.3) is 0 Å². The maximum absolute atomic E-state index is 12.3. The molecule has 1 amide bonds. The number of aromatic nitrogens is 1. The van der Waals surface area contributed by atoms with Crippen molar-refractivity contribution in [1.82, 2.24) is 10.5 Å². The zero-order chi connectivity index (χ0) is 16.8. The maximum atomic E-state index is 12.3. The average Bonchev–Trinajstić information content (AvgIpc) is 2.82. The normalized spacial score (nSPS) is 10.8. The quantitative estimate of drug-likeness (QED) is 0.850. The Morgan fingerprint density at radius 2 is 2.09 bits per heavy atom. The van der Waals surface area contributed by atoms with E-state index in [1.165, 1.54) is 6.07 Å². The first kappa shape index (κ1) is 16.9. The Balaban J connectivity index is 1.87. The van der Waals surface area contributed by atoms with Crippen molar-refractivity contribution in [2.45, 2.75) is 39.8 Å². The first-order valence-corrected chi connectivity index (χ1v) is 7.18. The Morgan fingerprint density at radius 1 is 1.35 bits per heavy atom. The van der Waals surface area contributed by atoms with E-state index in [-0.39, 0.29) is 24.6 Å². The molecular formula is C16H18F2N2O3. The second-order valence-corrected chi connectivity index (χ2v) is 5.07. The minimum absolute atomic E-state index is 0.0634. The number of halogens is 2. The lowest BCUT2D eigenvalue weighted by Gasteiger charge is -2.11. The molecule has 0 aliphatic rings. The highest BCUT2D eigenvalue weighted by Gasteiger charge is 2.12. The van der Waals surface area contributed by atoms with Gasteiger partial charge in [-0.15, -0.1) is 0 Å². The number of aryl methyl sites for hydroxylation is 2. The number of alkyl halides is 2. The minimum Gasteiger partial charge on any atom is -0.434 e. The van der Waals surface area contributed by atoms with Gasteiger partial charge < -0.3 is 14.6 Å². The monoisotopic (exact) mass is 324 g/mol. The van der Waals surface area contributed by atoms with Crippen molar-refractivity contribution in [3.63, 3.8) is 0 Å². The van der Waals surface area contributed by atoms with Crippen LogP contribution in [0.1, 0.15) is 29.0 Å². The molecule has 0 atom stereocenters. The Hall–Kier alpha value is -2.44. The van der Waals surface area contributed by atoms with E-state index in [1.54, 1.807) is 25.1 Å². The topological polar surface area (TPSA) is 64.4 Å². The number of rotatable bonds is 7. The first-order chi connectivity index (χ1) is 11.0. The zero-order valence-corrected chi connectivity index (χ0v) is 12.9. The Bertz CT molecular complexity index is 652. The van der Waals surface area contributed by atoms with Gasteiger partial charge in [-0.25, -0.2) is 0 Å². The van der Waals surface area contributed by atoms with Crippen molar-refractivity contribution in [2.75, 3.05) is 0 Å². The van der Waals surface area contributed by atoms with Crippen molar-refractivity contribution >= 4 is 5.91 Å². The Morgan fingerprint density at radius 3 is 2.74 bits per heavy atom. The largest absolute Gasteiger partial charge is 0.434 e. The second kappa shape index (κ2) is 7.71. The van der Waals surface area contributed by atoms with Crippen LogP contribution in [0, 0.1) is 13.8 Å². The van der Waals surface area contributed by atoms with Crippen LogP contribution >= 0.6 is 0 Å². The van der Waals surface area contributed by atoms with Crippen LogP contribution in [0.3, 0.4) is 0 Å². The van der Waals surface area contributed by atoms with Crippen molar-refractivity contribution in [2.24, 2.45) is 0 Å². The fourth-order valence-electron chi connectivity index (χ4n) is 2.24. The minimum atomic E-state index is -2.90. The number of nitrogens with zero attached hydrogens (tertiary/aromatic N) is 1. The van der Waals surface area contributed by atoms with Crippen molar-refractivity contribution in [3.05, 3.63) is 46.8 Å². The summed E-state index contributed by atoms with van der Waals surface area (Å²) in [6.07, 6.45) is 0.781. The molecule has 0 saturated heterocycles. The van der Waals surface area contributed by atoms with E-state index in [2.05, 4.69) is 15.2 Å². The van der Waals surface area contributed by atoms with Crippen molar-refractivity contribution in [1.29, 1.82) is 0 Å². The van der Waals surface area contributed by atoms with Crippen LogP contribution in [-0.4, -0.2) is 17.7 Å². The number of ether oxygens (including phenoxy) is 1. The summed E-state index contributed by atoms with van der Waals surface area (Å²) < 4.78 is 34.1. The van der Waals surface area contributed by atoms with E-state index in [0.29, 0.717) is 17.7 Å². The molecule has 2 aromatic rings. The molecule has 2 rings (SSSR count). The third kappa shape index (κ3) is 4.77. The van der Waals surface area contributed by atoms with Crippen LogP contribution in [0.2, 0.25) is 0 Å². The molecule has 1 N–H and O–H groups in total. The number of para-hydroxylation sites is 1. The lowest BCUT2D eigenvalue weighted by molar-refractivity contribution is -0.121. The second-order valence-electron chi connectivity index (χ2n) is 5.07. The summed E-state index contributed by atoms with van der Waals surface area (Å²) in [5.74, 6) is 0.580. The highest BCUT2D eigenvalue weighted by Crippen LogP contribution is 2.20. The van der Waals surface area contributed by atoms with E-state index < -0.39 is 6.61 Å². The molecule has 7 heteroatoms. The Labute approximate surface area is 132 Å². The van der Waals surface area contributed by atoms with E-state index in [4.69, 9.17) is 4.52 Å². The van der Waals surface area contributed by atoms with Gasteiger partial charge in [0.25, 0.3) is 0 Å². The van der Waals surface area contributed by atoms with Gasteiger partial charge in [0.1, 0.15) is 11.5 Å². The number of benzene rings is 1. The zero-order valence-electron chi connectivity index (χ0n) is 12.9. The van der Waals surface area contributed by atoms with Gasteiger partial charge in [0.15, 0.2) is 0 Å². The number of hydrogen-bond donors (Lipinski definition) is 1. The molecule has 124 valence electrons. The third-order valence-corrected chi connectivity index (χ3v) is 3.45. The molecule has 23 heavy (non-hydrogen) atoms. The standard InChI is InChI=1S/C16H18F2N2O3/c1-10-13(11(2)23-20-10)7-8-15(21)19-9-12-5-3-4-6-14(12)22-16(17)18/h3-6,16H,7-9H2,1-2H3,(H,19,21). The van der Waals surface area contributed by atoms with Crippen LogP contribution in [0.15, 0.2) is 28.8 Å². The molecule has 0 aliphatic carbocycles. The van der Waals surface area contributed by atoms with Gasteiger partial charge in [0.05, 0.1) is 5.69 Å². The van der Waals surface area contributed by atoms with Gasteiger partial charge in [-0.3, -0.25) is 4.79 Å². The maximum Gasteiger partial charge on any atom is 0.387 e.